The van der Waals surface area contributed by atoms with E-state index in [1.165, 1.54) is 20.9 Å². The van der Waals surface area contributed by atoms with Crippen LogP contribution in [-0.4, -0.2) is 43.0 Å². The van der Waals surface area contributed by atoms with Gasteiger partial charge >= 0.3 is 0 Å². The van der Waals surface area contributed by atoms with E-state index in [1.807, 2.05) is 17.8 Å². The van der Waals surface area contributed by atoms with Crippen LogP contribution in [0.15, 0.2) is 52.3 Å². The van der Waals surface area contributed by atoms with E-state index in [4.69, 9.17) is 11.6 Å². The summed E-state index contributed by atoms with van der Waals surface area (Å²) in [6.45, 7) is 4.48. The molecule has 120 valence electrons. The second-order valence-electron chi connectivity index (χ2n) is 6.42. The first-order valence-electron chi connectivity index (χ1n) is 8.19. The van der Waals surface area contributed by atoms with Gasteiger partial charge in [0.25, 0.3) is 0 Å². The minimum Gasteiger partial charge on any atom is -0.304 e. The summed E-state index contributed by atoms with van der Waals surface area (Å²) in [7, 11) is 2.20. The van der Waals surface area contributed by atoms with Crippen molar-refractivity contribution in [2.75, 3.05) is 33.2 Å². The van der Waals surface area contributed by atoms with Gasteiger partial charge in [-0.2, -0.15) is 0 Å². The highest BCUT2D eigenvalue weighted by Crippen LogP contribution is 2.45. The monoisotopic (exact) mass is 344 g/mol. The molecule has 2 aliphatic heterocycles. The van der Waals surface area contributed by atoms with Crippen LogP contribution in [0.3, 0.4) is 0 Å². The van der Waals surface area contributed by atoms with E-state index >= 15 is 0 Å². The average molecular weight is 345 g/mol. The molecule has 1 saturated heterocycles. The number of halogens is 1. The molecule has 0 aromatic heterocycles. The van der Waals surface area contributed by atoms with Gasteiger partial charge in [-0.15, -0.1) is 0 Å². The molecule has 4 rings (SSSR count). The molecular weight excluding hydrogens is 324 g/mol. The summed E-state index contributed by atoms with van der Waals surface area (Å²) in [5.41, 5.74) is 2.76. The van der Waals surface area contributed by atoms with Crippen molar-refractivity contribution in [3.63, 3.8) is 0 Å². The van der Waals surface area contributed by atoms with Crippen LogP contribution in [0.1, 0.15) is 17.2 Å². The first-order chi connectivity index (χ1) is 11.2. The largest absolute Gasteiger partial charge is 0.304 e. The van der Waals surface area contributed by atoms with Crippen molar-refractivity contribution < 1.29 is 0 Å². The molecule has 0 unspecified atom stereocenters. The minimum absolute atomic E-state index is 0.378. The Labute approximate surface area is 147 Å². The predicted molar refractivity (Wildman–Crippen MR) is 97.5 cm³/mol. The smallest absolute Gasteiger partial charge is 0.0465 e. The molecule has 2 heterocycles. The Morgan fingerprint density at radius 1 is 0.957 bits per heavy atom. The maximum absolute atomic E-state index is 6.65. The number of fused-ring (bicyclic) bond motifs is 2. The van der Waals surface area contributed by atoms with Crippen LogP contribution < -0.4 is 0 Å². The number of hydrogen-bond donors (Lipinski definition) is 0. The Kier molecular flexibility index (Phi) is 4.37. The predicted octanol–water partition coefficient (Wildman–Crippen LogP) is 4.34. The summed E-state index contributed by atoms with van der Waals surface area (Å²) in [4.78, 5) is 7.70. The van der Waals surface area contributed by atoms with Crippen LogP contribution in [0.2, 0.25) is 5.02 Å². The highest BCUT2D eigenvalue weighted by molar-refractivity contribution is 7.99. The number of rotatable bonds is 1. The third kappa shape index (κ3) is 3.03. The topological polar surface area (TPSA) is 6.48 Å². The van der Waals surface area contributed by atoms with Gasteiger partial charge in [-0.3, -0.25) is 4.90 Å². The summed E-state index contributed by atoms with van der Waals surface area (Å²) < 4.78 is 0. The first-order valence-corrected chi connectivity index (χ1v) is 9.38. The molecule has 23 heavy (non-hydrogen) atoms. The molecule has 2 aromatic carbocycles. The Morgan fingerprint density at radius 2 is 1.70 bits per heavy atom. The summed E-state index contributed by atoms with van der Waals surface area (Å²) in [5, 5.41) is 0.909. The normalized spacial score (nSPS) is 22.3. The Morgan fingerprint density at radius 3 is 2.52 bits per heavy atom. The number of nitrogens with zero attached hydrogens (tertiary/aromatic N) is 2. The lowest BCUT2D eigenvalue weighted by molar-refractivity contribution is 0.110. The quantitative estimate of drug-likeness (QED) is 0.760. The zero-order chi connectivity index (χ0) is 15.8. The van der Waals surface area contributed by atoms with Crippen LogP contribution >= 0.6 is 23.4 Å². The molecule has 2 nitrogen and oxygen atoms in total. The lowest BCUT2D eigenvalue weighted by Crippen LogP contribution is -2.46. The molecule has 0 amide bonds. The third-order valence-corrected chi connectivity index (χ3v) is 6.45. The van der Waals surface area contributed by atoms with Crippen LogP contribution in [0.5, 0.6) is 0 Å². The van der Waals surface area contributed by atoms with Crippen molar-refractivity contribution >= 4 is 23.4 Å². The minimum atomic E-state index is 0.378. The number of benzene rings is 2. The van der Waals surface area contributed by atoms with Crippen molar-refractivity contribution in [2.24, 2.45) is 0 Å². The summed E-state index contributed by atoms with van der Waals surface area (Å²) in [6.07, 6.45) is 1.05. The standard InChI is InChI=1S/C19H21ClN2S/c1-21-9-11-22(12-10-21)16-13-14-5-2-3-7-17(14)23-18-8-4-6-15(20)19(16)18/h2-8,16H,9-13H2,1H3/t16-/m0/s1. The Balaban J connectivity index is 1.78. The van der Waals surface area contributed by atoms with Crippen LogP contribution in [0.25, 0.3) is 0 Å². The molecule has 1 atom stereocenters. The second-order valence-corrected chi connectivity index (χ2v) is 7.91. The van der Waals surface area contributed by atoms with Crippen molar-refractivity contribution in [3.8, 4) is 0 Å². The fourth-order valence-electron chi connectivity index (χ4n) is 3.58. The molecule has 0 radical (unpaired) electrons. The molecule has 0 saturated carbocycles. The highest BCUT2D eigenvalue weighted by atomic mass is 35.5. The lowest BCUT2D eigenvalue weighted by atomic mass is 9.96. The number of piperazine rings is 1. The van der Waals surface area contributed by atoms with Gasteiger partial charge in [0.15, 0.2) is 0 Å². The van der Waals surface area contributed by atoms with Gasteiger partial charge in [-0.1, -0.05) is 47.6 Å². The zero-order valence-electron chi connectivity index (χ0n) is 13.3. The summed E-state index contributed by atoms with van der Waals surface area (Å²) in [5.74, 6) is 0. The molecule has 0 N–H and O–H groups in total. The van der Waals surface area contributed by atoms with Crippen LogP contribution in [0.4, 0.5) is 0 Å². The van der Waals surface area contributed by atoms with E-state index in [2.05, 4.69) is 53.2 Å². The SMILES string of the molecule is CN1CCN([C@H]2Cc3ccccc3Sc3cccc(Cl)c32)CC1. The number of likely N-dealkylation sites (N-methyl/N-ethyl adjacent to an activating group) is 1. The van der Waals surface area contributed by atoms with Crippen molar-refractivity contribution in [3.05, 3.63) is 58.6 Å². The van der Waals surface area contributed by atoms with Gasteiger partial charge in [0.2, 0.25) is 0 Å². The van der Waals surface area contributed by atoms with E-state index in [0.717, 1.165) is 37.6 Å². The lowest BCUT2D eigenvalue weighted by Gasteiger charge is -2.38. The second kappa shape index (κ2) is 6.48. The third-order valence-electron chi connectivity index (χ3n) is 4.93. The highest BCUT2D eigenvalue weighted by Gasteiger charge is 2.30. The molecule has 4 heteroatoms. The fraction of sp³-hybridized carbons (Fsp3) is 0.368. The van der Waals surface area contributed by atoms with Crippen molar-refractivity contribution in [1.82, 2.24) is 9.80 Å². The van der Waals surface area contributed by atoms with E-state index in [0.29, 0.717) is 6.04 Å². The van der Waals surface area contributed by atoms with Gasteiger partial charge in [0.1, 0.15) is 0 Å². The molecule has 2 aromatic rings. The maximum atomic E-state index is 6.65. The molecule has 0 spiro atoms. The van der Waals surface area contributed by atoms with Crippen LogP contribution in [0, 0.1) is 0 Å². The molecule has 1 fully saturated rings. The first kappa shape index (κ1) is 15.5. The van der Waals surface area contributed by atoms with E-state index in [1.54, 1.807) is 0 Å². The van der Waals surface area contributed by atoms with Crippen molar-refractivity contribution in [1.29, 1.82) is 0 Å². The molecule has 2 aliphatic rings. The van der Waals surface area contributed by atoms with E-state index in [-0.39, 0.29) is 0 Å². The average Bonchev–Trinajstić information content (AvgIpc) is 2.73. The summed E-state index contributed by atoms with van der Waals surface area (Å²) >= 11 is 8.51. The zero-order valence-corrected chi connectivity index (χ0v) is 14.9. The van der Waals surface area contributed by atoms with Crippen LogP contribution in [-0.2, 0) is 6.42 Å². The number of hydrogen-bond acceptors (Lipinski definition) is 3. The molecule has 0 bridgehead atoms. The van der Waals surface area contributed by atoms with Gasteiger partial charge < -0.3 is 4.90 Å². The van der Waals surface area contributed by atoms with E-state index < -0.39 is 0 Å². The fourth-order valence-corrected chi connectivity index (χ4v) is 5.10. The maximum Gasteiger partial charge on any atom is 0.0465 e. The van der Waals surface area contributed by atoms with Gasteiger partial charge in [0, 0.05) is 52.6 Å². The molecular formula is C19H21ClN2S. The van der Waals surface area contributed by atoms with E-state index in [9.17, 15) is 0 Å². The van der Waals surface area contributed by atoms with Gasteiger partial charge in [-0.05, 0) is 37.2 Å². The van der Waals surface area contributed by atoms with Crippen molar-refractivity contribution in [2.45, 2.75) is 22.3 Å². The Hall–Kier alpha value is -1.00. The molecule has 0 aliphatic carbocycles. The van der Waals surface area contributed by atoms with Gasteiger partial charge in [0.05, 0.1) is 0 Å². The Bertz CT molecular complexity index is 710. The summed E-state index contributed by atoms with van der Waals surface area (Å²) in [6, 6.07) is 15.5. The van der Waals surface area contributed by atoms with Gasteiger partial charge in [-0.25, -0.2) is 0 Å².